The molecule has 1 N–H and O–H groups in total. The van der Waals surface area contributed by atoms with Crippen LogP contribution in [0.1, 0.15) is 11.6 Å². The van der Waals surface area contributed by atoms with Crippen LogP contribution < -0.4 is 5.56 Å². The molecule has 112 valence electrons. The molecule has 0 bridgehead atoms. The quantitative estimate of drug-likeness (QED) is 0.619. The van der Waals surface area contributed by atoms with Crippen LogP contribution in [-0.4, -0.2) is 19.5 Å². The molecule has 2 aromatic carbocycles. The fourth-order valence-electron chi connectivity index (χ4n) is 2.65. The molecule has 0 aliphatic rings. The number of para-hydroxylation sites is 3. The molecule has 2 aromatic heterocycles. The zero-order valence-electron chi connectivity index (χ0n) is 12.5. The van der Waals surface area contributed by atoms with Gasteiger partial charge >= 0.3 is 0 Å². The average molecular weight is 302 g/mol. The minimum absolute atomic E-state index is 0.139. The lowest BCUT2D eigenvalue weighted by Crippen LogP contribution is -2.09. The van der Waals surface area contributed by atoms with E-state index in [4.69, 9.17) is 0 Å². The molecule has 0 saturated heterocycles. The highest BCUT2D eigenvalue weighted by Crippen LogP contribution is 2.16. The highest BCUT2D eigenvalue weighted by Gasteiger charge is 2.05. The molecule has 0 spiro atoms. The summed E-state index contributed by atoms with van der Waals surface area (Å²) in [4.78, 5) is 23.9. The van der Waals surface area contributed by atoms with E-state index in [2.05, 4.69) is 15.0 Å². The second-order valence-corrected chi connectivity index (χ2v) is 5.32. The van der Waals surface area contributed by atoms with Crippen molar-refractivity contribution in [3.8, 4) is 0 Å². The highest BCUT2D eigenvalue weighted by atomic mass is 16.1. The van der Waals surface area contributed by atoms with E-state index in [9.17, 15) is 4.79 Å². The molecule has 0 aliphatic heterocycles. The van der Waals surface area contributed by atoms with Gasteiger partial charge < -0.3 is 9.55 Å². The van der Waals surface area contributed by atoms with Gasteiger partial charge in [-0.2, -0.15) is 0 Å². The fourth-order valence-corrected chi connectivity index (χ4v) is 2.65. The number of rotatable bonds is 2. The van der Waals surface area contributed by atoms with Crippen molar-refractivity contribution in [2.24, 2.45) is 7.05 Å². The van der Waals surface area contributed by atoms with Crippen LogP contribution in [0.2, 0.25) is 0 Å². The van der Waals surface area contributed by atoms with E-state index in [1.807, 2.05) is 60.2 Å². The van der Waals surface area contributed by atoms with Crippen LogP contribution in [0.5, 0.6) is 0 Å². The summed E-state index contributed by atoms with van der Waals surface area (Å²) in [6, 6.07) is 15.2. The Bertz CT molecular complexity index is 1100. The first-order valence-corrected chi connectivity index (χ1v) is 7.31. The largest absolute Gasteiger partial charge is 0.328 e. The maximum atomic E-state index is 12.1. The van der Waals surface area contributed by atoms with E-state index in [1.54, 1.807) is 12.1 Å². The van der Waals surface area contributed by atoms with Crippen molar-refractivity contribution in [3.05, 3.63) is 70.5 Å². The highest BCUT2D eigenvalue weighted by molar-refractivity contribution is 5.81. The average Bonchev–Trinajstić information content (AvgIpc) is 2.90. The van der Waals surface area contributed by atoms with Crippen LogP contribution in [0.3, 0.4) is 0 Å². The smallest absolute Gasteiger partial charge is 0.259 e. The SMILES string of the molecule is Cn1c(/C=C/c2nc3ccccc3c(=O)[nH]2)nc2ccccc21. The molecule has 0 radical (unpaired) electrons. The summed E-state index contributed by atoms with van der Waals surface area (Å²) in [7, 11) is 1.96. The van der Waals surface area contributed by atoms with E-state index in [-0.39, 0.29) is 5.56 Å². The number of imidazole rings is 1. The summed E-state index contributed by atoms with van der Waals surface area (Å²) < 4.78 is 2.00. The van der Waals surface area contributed by atoms with E-state index in [0.29, 0.717) is 16.7 Å². The van der Waals surface area contributed by atoms with Crippen molar-refractivity contribution in [2.45, 2.75) is 0 Å². The Morgan fingerprint density at radius 3 is 2.52 bits per heavy atom. The minimum atomic E-state index is -0.139. The maximum Gasteiger partial charge on any atom is 0.259 e. The molecule has 0 unspecified atom stereocenters. The molecule has 4 aromatic rings. The third-order valence-corrected chi connectivity index (χ3v) is 3.84. The lowest BCUT2D eigenvalue weighted by Gasteiger charge is -1.99. The summed E-state index contributed by atoms with van der Waals surface area (Å²) >= 11 is 0. The van der Waals surface area contributed by atoms with E-state index < -0.39 is 0 Å². The molecule has 0 fully saturated rings. The minimum Gasteiger partial charge on any atom is -0.328 e. The first-order chi connectivity index (χ1) is 11.2. The molecular formula is C18H14N4O. The van der Waals surface area contributed by atoms with Gasteiger partial charge in [0.15, 0.2) is 0 Å². The topological polar surface area (TPSA) is 63.6 Å². The van der Waals surface area contributed by atoms with Gasteiger partial charge in [0.1, 0.15) is 11.6 Å². The second kappa shape index (κ2) is 5.21. The standard InChI is InChI=1S/C18H14N4O/c1-22-15-9-5-4-8-14(15)20-17(22)11-10-16-19-13-7-3-2-6-12(13)18(23)21-16/h2-11H,1H3,(H,19,21,23)/b11-10+. The summed E-state index contributed by atoms with van der Waals surface area (Å²) in [5, 5.41) is 0.590. The van der Waals surface area contributed by atoms with Gasteiger partial charge in [-0.3, -0.25) is 4.79 Å². The second-order valence-electron chi connectivity index (χ2n) is 5.32. The predicted octanol–water partition coefficient (Wildman–Crippen LogP) is 2.98. The molecule has 5 nitrogen and oxygen atoms in total. The van der Waals surface area contributed by atoms with Crippen molar-refractivity contribution >= 4 is 34.1 Å². The summed E-state index contributed by atoms with van der Waals surface area (Å²) in [6.45, 7) is 0. The van der Waals surface area contributed by atoms with Gasteiger partial charge in [0.25, 0.3) is 5.56 Å². The van der Waals surface area contributed by atoms with Gasteiger partial charge in [0.2, 0.25) is 0 Å². The molecule has 2 heterocycles. The number of hydrogen-bond donors (Lipinski definition) is 1. The maximum absolute atomic E-state index is 12.1. The number of aryl methyl sites for hydroxylation is 1. The van der Waals surface area contributed by atoms with Crippen LogP contribution in [0.15, 0.2) is 53.3 Å². The Hall–Kier alpha value is -3.21. The normalized spacial score (nSPS) is 11.7. The Kier molecular flexibility index (Phi) is 3.05. The first-order valence-electron chi connectivity index (χ1n) is 7.31. The monoisotopic (exact) mass is 302 g/mol. The zero-order valence-corrected chi connectivity index (χ0v) is 12.5. The van der Waals surface area contributed by atoms with Gasteiger partial charge in [-0.05, 0) is 36.4 Å². The molecule has 0 aliphatic carbocycles. The molecule has 23 heavy (non-hydrogen) atoms. The van der Waals surface area contributed by atoms with Crippen molar-refractivity contribution in [1.82, 2.24) is 19.5 Å². The molecule has 0 saturated carbocycles. The molecule has 5 heteroatoms. The molecule has 4 rings (SSSR count). The fraction of sp³-hybridized carbons (Fsp3) is 0.0556. The van der Waals surface area contributed by atoms with E-state index >= 15 is 0 Å². The Balaban J connectivity index is 1.78. The lowest BCUT2D eigenvalue weighted by atomic mass is 10.2. The summed E-state index contributed by atoms with van der Waals surface area (Å²) in [5.41, 5.74) is 2.54. The zero-order chi connectivity index (χ0) is 15.8. The van der Waals surface area contributed by atoms with E-state index in [0.717, 1.165) is 16.9 Å². The predicted molar refractivity (Wildman–Crippen MR) is 92.0 cm³/mol. The van der Waals surface area contributed by atoms with E-state index in [1.165, 1.54) is 0 Å². The third-order valence-electron chi connectivity index (χ3n) is 3.84. The molecule has 0 amide bonds. The number of nitrogens with zero attached hydrogens (tertiary/aromatic N) is 3. The van der Waals surface area contributed by atoms with Gasteiger partial charge in [0, 0.05) is 7.05 Å². The van der Waals surface area contributed by atoms with Gasteiger partial charge in [-0.25, -0.2) is 9.97 Å². The number of benzene rings is 2. The Labute approximate surface area is 131 Å². The van der Waals surface area contributed by atoms with Gasteiger partial charge in [-0.1, -0.05) is 24.3 Å². The number of aromatic amines is 1. The van der Waals surface area contributed by atoms with Crippen LogP contribution in [-0.2, 0) is 7.05 Å². The van der Waals surface area contributed by atoms with Crippen LogP contribution in [0, 0.1) is 0 Å². The number of H-pyrrole nitrogens is 1. The van der Waals surface area contributed by atoms with Crippen molar-refractivity contribution in [3.63, 3.8) is 0 Å². The van der Waals surface area contributed by atoms with Crippen LogP contribution in [0.4, 0.5) is 0 Å². The van der Waals surface area contributed by atoms with Crippen molar-refractivity contribution in [2.75, 3.05) is 0 Å². The number of hydrogen-bond acceptors (Lipinski definition) is 3. The Morgan fingerprint density at radius 1 is 0.957 bits per heavy atom. The molecule has 0 atom stereocenters. The van der Waals surface area contributed by atoms with Crippen LogP contribution >= 0.6 is 0 Å². The number of nitrogens with one attached hydrogen (secondary N) is 1. The molecular weight excluding hydrogens is 288 g/mol. The first kappa shape index (κ1) is 13.5. The van der Waals surface area contributed by atoms with Crippen molar-refractivity contribution in [1.29, 1.82) is 0 Å². The van der Waals surface area contributed by atoms with Gasteiger partial charge in [0.05, 0.1) is 21.9 Å². The van der Waals surface area contributed by atoms with Crippen molar-refractivity contribution < 1.29 is 0 Å². The Morgan fingerprint density at radius 2 is 1.70 bits per heavy atom. The lowest BCUT2D eigenvalue weighted by molar-refractivity contribution is 0.930. The number of aromatic nitrogens is 4. The number of fused-ring (bicyclic) bond motifs is 2. The van der Waals surface area contributed by atoms with Gasteiger partial charge in [-0.15, -0.1) is 0 Å². The summed E-state index contributed by atoms with van der Waals surface area (Å²) in [5.74, 6) is 1.32. The summed E-state index contributed by atoms with van der Waals surface area (Å²) in [6.07, 6.45) is 3.63. The van der Waals surface area contributed by atoms with Crippen LogP contribution in [0.25, 0.3) is 34.1 Å². The third kappa shape index (κ3) is 2.32.